The lowest BCUT2D eigenvalue weighted by Gasteiger charge is -2.28. The first kappa shape index (κ1) is 32.1. The van der Waals surface area contributed by atoms with Gasteiger partial charge in [-0.1, -0.05) is 72.8 Å². The maximum Gasteiger partial charge on any atom is 0.234 e. The third kappa shape index (κ3) is 8.37. The van der Waals surface area contributed by atoms with Crippen molar-refractivity contribution in [1.82, 2.24) is 14.2 Å². The molecule has 0 fully saturated rings. The van der Waals surface area contributed by atoms with Gasteiger partial charge in [0, 0.05) is 25.5 Å². The maximum absolute atomic E-state index is 14.5. The van der Waals surface area contributed by atoms with Gasteiger partial charge in [0.25, 0.3) is 0 Å². The summed E-state index contributed by atoms with van der Waals surface area (Å²) >= 11 is 1.31. The van der Waals surface area contributed by atoms with Crippen LogP contribution in [0.15, 0.2) is 84.9 Å². The summed E-state index contributed by atoms with van der Waals surface area (Å²) < 4.78 is 31.1. The summed E-state index contributed by atoms with van der Waals surface area (Å²) in [6.07, 6.45) is 1.53. The van der Waals surface area contributed by atoms with Crippen molar-refractivity contribution < 1.29 is 22.7 Å². The van der Waals surface area contributed by atoms with E-state index in [9.17, 15) is 18.0 Å². The van der Waals surface area contributed by atoms with Crippen molar-refractivity contribution in [3.05, 3.63) is 117 Å². The molecule has 0 spiro atoms. The van der Waals surface area contributed by atoms with Gasteiger partial charge in [-0.15, -0.1) is 11.3 Å². The fourth-order valence-electron chi connectivity index (χ4n) is 4.79. The van der Waals surface area contributed by atoms with Crippen LogP contribution in [0.5, 0.6) is 5.75 Å². The second-order valence-corrected chi connectivity index (χ2v) is 13.9. The third-order valence-electron chi connectivity index (χ3n) is 7.18. The molecular formula is C33H37N3O5S2. The number of Topliss-reactive ketones (excluding diaryl/α,β-unsaturated/α-hetero) is 1. The molecule has 1 atom stereocenters. The van der Waals surface area contributed by atoms with E-state index in [1.54, 1.807) is 18.9 Å². The van der Waals surface area contributed by atoms with Crippen LogP contribution < -0.4 is 4.74 Å². The molecule has 4 aromatic rings. The van der Waals surface area contributed by atoms with Crippen molar-refractivity contribution in [1.29, 1.82) is 0 Å². The van der Waals surface area contributed by atoms with Gasteiger partial charge in [-0.3, -0.25) is 9.59 Å². The van der Waals surface area contributed by atoms with Crippen molar-refractivity contribution >= 4 is 33.1 Å². The number of carbonyl (C=O) groups excluding carboxylic acids is 2. The van der Waals surface area contributed by atoms with Crippen molar-refractivity contribution in [3.63, 3.8) is 0 Å². The molecule has 1 unspecified atom stereocenters. The summed E-state index contributed by atoms with van der Waals surface area (Å²) in [4.78, 5) is 34.3. The Morgan fingerprint density at radius 1 is 0.907 bits per heavy atom. The number of rotatable bonds is 14. The lowest BCUT2D eigenvalue weighted by molar-refractivity contribution is -0.132. The molecule has 0 saturated heterocycles. The van der Waals surface area contributed by atoms with E-state index in [0.29, 0.717) is 22.2 Å². The Balaban J connectivity index is 1.65. The minimum atomic E-state index is -3.73. The summed E-state index contributed by atoms with van der Waals surface area (Å²) in [5.74, 6) is -1.15. The van der Waals surface area contributed by atoms with Gasteiger partial charge in [0.1, 0.15) is 22.2 Å². The van der Waals surface area contributed by atoms with E-state index >= 15 is 0 Å². The number of hydrogen-bond donors (Lipinski definition) is 0. The van der Waals surface area contributed by atoms with Crippen molar-refractivity contribution in [3.8, 4) is 5.75 Å². The molecule has 43 heavy (non-hydrogen) atoms. The highest BCUT2D eigenvalue weighted by atomic mass is 32.2. The molecule has 0 N–H and O–H groups in total. The number of ether oxygens (including phenoxy) is 1. The predicted molar refractivity (Wildman–Crippen MR) is 170 cm³/mol. The van der Waals surface area contributed by atoms with Crippen LogP contribution in [0.3, 0.4) is 0 Å². The lowest BCUT2D eigenvalue weighted by atomic mass is 9.89. The molecule has 226 valence electrons. The fourth-order valence-corrected chi connectivity index (χ4v) is 6.49. The SMILES string of the molecule is COc1ccc(C(C(=O)N(CCCc2ccccc2)Cc2nc(C(=O)CS(=O)(=O)N(C)C)c(C)s2)c2ccccc2)cc1. The number of nitrogens with zero attached hydrogens (tertiary/aromatic N) is 3. The minimum absolute atomic E-state index is 0.0830. The molecule has 1 aromatic heterocycles. The Morgan fingerprint density at radius 3 is 2.12 bits per heavy atom. The van der Waals surface area contributed by atoms with Crippen LogP contribution in [0.25, 0.3) is 0 Å². The Kier molecular flexibility index (Phi) is 10.8. The number of sulfonamides is 1. The summed E-state index contributed by atoms with van der Waals surface area (Å²) in [6, 6.07) is 27.3. The molecule has 0 saturated carbocycles. The number of thiazole rings is 1. The Bertz CT molecular complexity index is 1620. The van der Waals surface area contributed by atoms with Crippen LogP contribution in [-0.2, 0) is 27.8 Å². The number of methoxy groups -OCH3 is 1. The van der Waals surface area contributed by atoms with Gasteiger partial charge in [-0.25, -0.2) is 17.7 Å². The number of aryl methyl sites for hydroxylation is 2. The first-order valence-corrected chi connectivity index (χ1v) is 16.4. The number of ketones is 1. The molecule has 0 aliphatic carbocycles. The topological polar surface area (TPSA) is 96.9 Å². The molecule has 1 heterocycles. The summed E-state index contributed by atoms with van der Waals surface area (Å²) in [6.45, 7) is 2.43. The lowest BCUT2D eigenvalue weighted by Crippen LogP contribution is -2.36. The molecule has 10 heteroatoms. The van der Waals surface area contributed by atoms with E-state index in [-0.39, 0.29) is 18.1 Å². The molecular weight excluding hydrogens is 583 g/mol. The monoisotopic (exact) mass is 619 g/mol. The first-order valence-electron chi connectivity index (χ1n) is 14.0. The van der Waals surface area contributed by atoms with Crippen LogP contribution >= 0.6 is 11.3 Å². The second-order valence-electron chi connectivity index (χ2n) is 10.4. The number of aromatic nitrogens is 1. The Hall–Kier alpha value is -3.86. The van der Waals surface area contributed by atoms with Crippen molar-refractivity contribution in [2.75, 3.05) is 33.5 Å². The quantitative estimate of drug-likeness (QED) is 0.177. The maximum atomic E-state index is 14.5. The Morgan fingerprint density at radius 2 is 1.51 bits per heavy atom. The van der Waals surface area contributed by atoms with Gasteiger partial charge in [0.15, 0.2) is 5.78 Å². The smallest absolute Gasteiger partial charge is 0.234 e. The summed E-state index contributed by atoms with van der Waals surface area (Å²) in [5, 5.41) is 0.581. The van der Waals surface area contributed by atoms with Gasteiger partial charge < -0.3 is 9.64 Å². The highest BCUT2D eigenvalue weighted by molar-refractivity contribution is 7.89. The minimum Gasteiger partial charge on any atom is -0.497 e. The average molecular weight is 620 g/mol. The van der Waals surface area contributed by atoms with Crippen LogP contribution in [0, 0.1) is 6.92 Å². The first-order chi connectivity index (χ1) is 20.6. The standard InChI is InChI=1S/C33H37N3O5S2/c1-24-32(29(37)23-43(39,40)35(2)3)34-30(42-24)22-36(21-11-14-25-12-7-5-8-13-25)33(38)31(26-15-9-6-10-16-26)27-17-19-28(41-4)20-18-27/h5-10,12-13,15-20,31H,11,14,21-23H2,1-4H3. The predicted octanol–water partition coefficient (Wildman–Crippen LogP) is 5.33. The summed E-state index contributed by atoms with van der Waals surface area (Å²) in [7, 11) is 0.666. The van der Waals surface area contributed by atoms with Gasteiger partial charge in [0.2, 0.25) is 15.9 Å². The number of amides is 1. The average Bonchev–Trinajstić information content (AvgIpc) is 3.37. The van der Waals surface area contributed by atoms with E-state index in [1.165, 1.54) is 31.0 Å². The zero-order valence-electron chi connectivity index (χ0n) is 24.9. The fraction of sp³-hybridized carbons (Fsp3) is 0.303. The van der Waals surface area contributed by atoms with E-state index < -0.39 is 27.5 Å². The van der Waals surface area contributed by atoms with Crippen LogP contribution in [0.1, 0.15) is 49.4 Å². The van der Waals surface area contributed by atoms with Crippen molar-refractivity contribution in [2.24, 2.45) is 0 Å². The van der Waals surface area contributed by atoms with Gasteiger partial charge >= 0.3 is 0 Å². The highest BCUT2D eigenvalue weighted by Gasteiger charge is 2.29. The zero-order chi connectivity index (χ0) is 31.0. The molecule has 0 radical (unpaired) electrons. The van der Waals surface area contributed by atoms with Gasteiger partial charge in [-0.2, -0.15) is 0 Å². The molecule has 4 rings (SSSR count). The molecule has 1 amide bonds. The van der Waals surface area contributed by atoms with Crippen LogP contribution in [0.2, 0.25) is 0 Å². The molecule has 0 aliphatic heterocycles. The number of hydrogen-bond acceptors (Lipinski definition) is 7. The van der Waals surface area contributed by atoms with Crippen molar-refractivity contribution in [2.45, 2.75) is 32.2 Å². The van der Waals surface area contributed by atoms with Crippen LogP contribution in [-0.4, -0.2) is 67.8 Å². The highest BCUT2D eigenvalue weighted by Crippen LogP contribution is 2.30. The zero-order valence-corrected chi connectivity index (χ0v) is 26.5. The second kappa shape index (κ2) is 14.5. The van der Waals surface area contributed by atoms with E-state index in [0.717, 1.165) is 28.3 Å². The Labute approximate surface area is 258 Å². The van der Waals surface area contributed by atoms with Gasteiger partial charge in [0.05, 0.1) is 19.6 Å². The largest absolute Gasteiger partial charge is 0.497 e. The number of benzene rings is 3. The van der Waals surface area contributed by atoms with E-state index in [4.69, 9.17) is 4.74 Å². The van der Waals surface area contributed by atoms with Crippen LogP contribution in [0.4, 0.5) is 0 Å². The molecule has 0 bridgehead atoms. The molecule has 0 aliphatic rings. The molecule has 8 nitrogen and oxygen atoms in total. The van der Waals surface area contributed by atoms with E-state index in [1.807, 2.05) is 72.8 Å². The normalized spacial score (nSPS) is 12.2. The van der Waals surface area contributed by atoms with Gasteiger partial charge in [-0.05, 0) is 48.6 Å². The number of carbonyl (C=O) groups is 2. The van der Waals surface area contributed by atoms with E-state index in [2.05, 4.69) is 17.1 Å². The third-order valence-corrected chi connectivity index (χ3v) is 9.87. The summed E-state index contributed by atoms with van der Waals surface area (Å²) in [5.41, 5.74) is 3.03. The molecule has 3 aromatic carbocycles.